The first kappa shape index (κ1) is 17.2. The molecule has 1 aromatic carbocycles. The summed E-state index contributed by atoms with van der Waals surface area (Å²) in [6.07, 6.45) is 0.862. The fourth-order valence-corrected chi connectivity index (χ4v) is 5.32. The zero-order valence-corrected chi connectivity index (χ0v) is 14.3. The maximum absolute atomic E-state index is 12.6. The number of amides is 1. The lowest BCUT2D eigenvalue weighted by Gasteiger charge is -2.40. The van der Waals surface area contributed by atoms with Crippen LogP contribution in [0, 0.1) is 0 Å². The molecule has 0 aliphatic carbocycles. The van der Waals surface area contributed by atoms with Crippen LogP contribution in [0.25, 0.3) is 0 Å². The van der Waals surface area contributed by atoms with E-state index in [1.54, 1.807) is 18.2 Å². The van der Waals surface area contributed by atoms with Gasteiger partial charge in [-0.05, 0) is 31.0 Å². The van der Waals surface area contributed by atoms with Crippen LogP contribution in [0.5, 0.6) is 0 Å². The number of carbonyl (C=O) groups is 2. The lowest BCUT2D eigenvalue weighted by molar-refractivity contribution is -0.140. The number of aliphatic carboxylic acids is 1. The molecule has 0 saturated carbocycles. The lowest BCUT2D eigenvalue weighted by Crippen LogP contribution is -2.60. The van der Waals surface area contributed by atoms with Gasteiger partial charge in [-0.2, -0.15) is 4.31 Å². The van der Waals surface area contributed by atoms with Crippen LogP contribution in [0.2, 0.25) is 5.02 Å². The molecule has 0 bridgehead atoms. The highest BCUT2D eigenvalue weighted by Gasteiger charge is 2.47. The number of nitrogens with zero attached hydrogens (tertiary/aromatic N) is 2. The van der Waals surface area contributed by atoms with Crippen molar-refractivity contribution in [3.63, 3.8) is 0 Å². The number of hydrogen-bond donors (Lipinski definition) is 1. The highest BCUT2D eigenvalue weighted by atomic mass is 35.5. The Morgan fingerprint density at radius 1 is 1.25 bits per heavy atom. The van der Waals surface area contributed by atoms with E-state index in [0.717, 1.165) is 4.31 Å². The van der Waals surface area contributed by atoms with Gasteiger partial charge in [0.15, 0.2) is 0 Å². The summed E-state index contributed by atoms with van der Waals surface area (Å²) in [5.41, 5.74) is 0.405. The second-order valence-electron chi connectivity index (χ2n) is 5.99. The van der Waals surface area contributed by atoms with Gasteiger partial charge in [-0.25, -0.2) is 8.42 Å². The molecule has 7 nitrogen and oxygen atoms in total. The average Bonchev–Trinajstić information content (AvgIpc) is 2.95. The summed E-state index contributed by atoms with van der Waals surface area (Å²) in [5, 5.41) is 8.84. The summed E-state index contributed by atoms with van der Waals surface area (Å²) < 4.78 is 26.3. The quantitative estimate of drug-likeness (QED) is 0.852. The van der Waals surface area contributed by atoms with Crippen LogP contribution in [0.15, 0.2) is 24.3 Å². The number of sulfonamides is 1. The Hall–Kier alpha value is -1.64. The van der Waals surface area contributed by atoms with Crippen molar-refractivity contribution in [1.29, 1.82) is 0 Å². The van der Waals surface area contributed by atoms with Gasteiger partial charge < -0.3 is 10.0 Å². The van der Waals surface area contributed by atoms with Crippen LogP contribution in [0.1, 0.15) is 23.2 Å². The van der Waals surface area contributed by atoms with Crippen molar-refractivity contribution in [2.75, 3.05) is 19.6 Å². The molecule has 3 rings (SSSR count). The Morgan fingerprint density at radius 3 is 2.58 bits per heavy atom. The normalized spacial score (nSPS) is 22.4. The molecule has 130 valence electrons. The van der Waals surface area contributed by atoms with Gasteiger partial charge >= 0.3 is 5.97 Å². The minimum absolute atomic E-state index is 0.0660. The van der Waals surface area contributed by atoms with Crippen molar-refractivity contribution < 1.29 is 23.1 Å². The topological polar surface area (TPSA) is 95.0 Å². The number of benzene rings is 1. The molecular formula is C15H17ClN2O5S. The molecule has 0 radical (unpaired) electrons. The summed E-state index contributed by atoms with van der Waals surface area (Å²) in [4.78, 5) is 24.9. The van der Waals surface area contributed by atoms with Gasteiger partial charge in [0.25, 0.3) is 5.91 Å². The SMILES string of the molecule is O=C(O)[C@H]1CCCN1S(=O)(=O)C1CN(C(=O)c2cccc(Cl)c2)C1. The van der Waals surface area contributed by atoms with Crippen LogP contribution in [0.3, 0.4) is 0 Å². The van der Waals surface area contributed by atoms with E-state index in [0.29, 0.717) is 23.4 Å². The van der Waals surface area contributed by atoms with Crippen LogP contribution in [0.4, 0.5) is 0 Å². The number of carboxylic acids is 1. The predicted molar refractivity (Wildman–Crippen MR) is 87.4 cm³/mol. The van der Waals surface area contributed by atoms with E-state index in [-0.39, 0.29) is 25.5 Å². The van der Waals surface area contributed by atoms with E-state index in [4.69, 9.17) is 16.7 Å². The molecule has 2 aliphatic heterocycles. The molecule has 2 aliphatic rings. The summed E-state index contributed by atoms with van der Waals surface area (Å²) >= 11 is 5.86. The van der Waals surface area contributed by atoms with E-state index in [1.807, 2.05) is 0 Å². The molecule has 1 aromatic rings. The van der Waals surface area contributed by atoms with Crippen LogP contribution in [-0.4, -0.2) is 65.5 Å². The first-order valence-electron chi connectivity index (χ1n) is 7.59. The standard InChI is InChI=1S/C15H17ClN2O5S/c16-11-4-1-3-10(7-11)14(19)17-8-12(9-17)24(22,23)18-6-2-5-13(18)15(20)21/h1,3-4,7,12-13H,2,5-6,8-9H2,(H,20,21)/t13-/m1/s1. The zero-order chi connectivity index (χ0) is 17.5. The Morgan fingerprint density at radius 2 is 1.96 bits per heavy atom. The van der Waals surface area contributed by atoms with Crippen molar-refractivity contribution in [3.05, 3.63) is 34.9 Å². The van der Waals surface area contributed by atoms with Crippen molar-refractivity contribution in [2.24, 2.45) is 0 Å². The molecule has 2 heterocycles. The van der Waals surface area contributed by atoms with Gasteiger partial charge in [-0.3, -0.25) is 9.59 Å². The molecule has 9 heteroatoms. The third-order valence-corrected chi connectivity index (χ3v) is 6.91. The number of carboxylic acid groups (broad SMARTS) is 1. The van der Waals surface area contributed by atoms with Gasteiger partial charge in [0, 0.05) is 30.2 Å². The average molecular weight is 373 g/mol. The first-order chi connectivity index (χ1) is 11.3. The van der Waals surface area contributed by atoms with Crippen LogP contribution >= 0.6 is 11.6 Å². The summed E-state index contributed by atoms with van der Waals surface area (Å²) in [5.74, 6) is -1.40. The fraction of sp³-hybridized carbons (Fsp3) is 0.467. The lowest BCUT2D eigenvalue weighted by atomic mass is 10.1. The minimum atomic E-state index is -3.72. The number of likely N-dealkylation sites (tertiary alicyclic amines) is 1. The summed E-state index contributed by atoms with van der Waals surface area (Å²) in [7, 11) is -3.72. The van der Waals surface area contributed by atoms with Gasteiger partial charge in [0.2, 0.25) is 10.0 Å². The molecule has 1 N–H and O–H groups in total. The Labute approximate surface area is 144 Å². The van der Waals surface area contributed by atoms with Gasteiger partial charge in [0.1, 0.15) is 11.3 Å². The van der Waals surface area contributed by atoms with Crippen molar-refractivity contribution >= 4 is 33.5 Å². The molecule has 24 heavy (non-hydrogen) atoms. The predicted octanol–water partition coefficient (Wildman–Crippen LogP) is 1.04. The maximum Gasteiger partial charge on any atom is 0.322 e. The van der Waals surface area contributed by atoms with E-state index < -0.39 is 27.3 Å². The zero-order valence-electron chi connectivity index (χ0n) is 12.8. The third kappa shape index (κ3) is 3.01. The van der Waals surface area contributed by atoms with E-state index in [2.05, 4.69) is 0 Å². The van der Waals surface area contributed by atoms with Gasteiger partial charge in [-0.15, -0.1) is 0 Å². The minimum Gasteiger partial charge on any atom is -0.480 e. The Bertz CT molecular complexity index is 776. The second-order valence-corrected chi connectivity index (χ2v) is 8.60. The Balaban J connectivity index is 1.67. The van der Waals surface area contributed by atoms with E-state index in [1.165, 1.54) is 11.0 Å². The van der Waals surface area contributed by atoms with Crippen molar-refractivity contribution in [3.8, 4) is 0 Å². The molecule has 1 amide bonds. The Kier molecular flexibility index (Phi) is 4.54. The largest absolute Gasteiger partial charge is 0.480 e. The van der Waals surface area contributed by atoms with Crippen LogP contribution in [-0.2, 0) is 14.8 Å². The molecule has 0 aromatic heterocycles. The smallest absolute Gasteiger partial charge is 0.322 e. The highest BCUT2D eigenvalue weighted by Crippen LogP contribution is 2.28. The maximum atomic E-state index is 12.6. The highest BCUT2D eigenvalue weighted by molar-refractivity contribution is 7.89. The van der Waals surface area contributed by atoms with Gasteiger partial charge in [0.05, 0.1) is 0 Å². The number of carbonyl (C=O) groups excluding carboxylic acids is 1. The molecule has 2 saturated heterocycles. The monoisotopic (exact) mass is 372 g/mol. The summed E-state index contributed by atoms with van der Waals surface area (Å²) in [6, 6.07) is 5.48. The number of hydrogen-bond acceptors (Lipinski definition) is 4. The number of rotatable bonds is 4. The molecule has 1 atom stereocenters. The first-order valence-corrected chi connectivity index (χ1v) is 9.47. The summed E-state index contributed by atoms with van der Waals surface area (Å²) in [6.45, 7) is 0.352. The van der Waals surface area contributed by atoms with E-state index >= 15 is 0 Å². The molecule has 0 spiro atoms. The fourth-order valence-electron chi connectivity index (χ4n) is 3.08. The molecule has 2 fully saturated rings. The van der Waals surface area contributed by atoms with Gasteiger partial charge in [-0.1, -0.05) is 17.7 Å². The molecule has 0 unspecified atom stereocenters. The third-order valence-electron chi connectivity index (χ3n) is 4.44. The van der Waals surface area contributed by atoms with Crippen LogP contribution < -0.4 is 0 Å². The molecular weight excluding hydrogens is 356 g/mol. The second kappa shape index (κ2) is 6.34. The van der Waals surface area contributed by atoms with Crippen molar-refractivity contribution in [2.45, 2.75) is 24.1 Å². The number of halogens is 1. The van der Waals surface area contributed by atoms with Crippen molar-refractivity contribution in [1.82, 2.24) is 9.21 Å². The van der Waals surface area contributed by atoms with E-state index in [9.17, 15) is 18.0 Å².